The van der Waals surface area contributed by atoms with Gasteiger partial charge in [0.25, 0.3) is 0 Å². The lowest BCUT2D eigenvalue weighted by atomic mass is 9.86. The average Bonchev–Trinajstić information content (AvgIpc) is 3.39. The van der Waals surface area contributed by atoms with Crippen LogP contribution in [0.4, 0.5) is 5.69 Å². The number of anilines is 1. The van der Waals surface area contributed by atoms with E-state index in [0.717, 1.165) is 10.8 Å². The highest BCUT2D eigenvalue weighted by atomic mass is 32.1. The number of fused-ring (bicyclic) bond motifs is 1. The molecule has 162 valence electrons. The van der Waals surface area contributed by atoms with Crippen molar-refractivity contribution in [3.8, 4) is 0 Å². The zero-order valence-electron chi connectivity index (χ0n) is 18.9. The Morgan fingerprint density at radius 3 is 2.61 bits per heavy atom. The van der Waals surface area contributed by atoms with Gasteiger partial charge in [-0.1, -0.05) is 31.1 Å². The molecule has 3 aliphatic rings. The summed E-state index contributed by atoms with van der Waals surface area (Å²) >= 11 is 5.89. The van der Waals surface area contributed by atoms with E-state index in [0.29, 0.717) is 6.04 Å². The number of likely N-dealkylation sites (N-methyl/N-ethyl adjacent to an activating group) is 1. The van der Waals surface area contributed by atoms with Crippen molar-refractivity contribution in [2.45, 2.75) is 70.1 Å². The van der Waals surface area contributed by atoms with Gasteiger partial charge in [0.2, 0.25) is 0 Å². The fourth-order valence-corrected chi connectivity index (χ4v) is 6.05. The first-order chi connectivity index (χ1) is 14.9. The van der Waals surface area contributed by atoms with Crippen LogP contribution in [0.1, 0.15) is 75.4 Å². The molecule has 2 fully saturated rings. The number of pyridine rings is 1. The first-order valence-corrected chi connectivity index (χ1v) is 11.8. The summed E-state index contributed by atoms with van der Waals surface area (Å²) in [6, 6.07) is 13.9. The molecule has 2 aliphatic heterocycles. The first kappa shape index (κ1) is 20.5. The average molecular weight is 433 g/mol. The fraction of sp³-hybridized carbons (Fsp3) is 0.462. The molecule has 0 amide bonds. The van der Waals surface area contributed by atoms with Crippen LogP contribution in [0.15, 0.2) is 48.7 Å². The molecule has 1 saturated heterocycles. The van der Waals surface area contributed by atoms with Crippen LogP contribution in [0.3, 0.4) is 0 Å². The Morgan fingerprint density at radius 2 is 1.90 bits per heavy atom. The Balaban J connectivity index is 1.61. The minimum Gasteiger partial charge on any atom is -0.366 e. The molecule has 4 nitrogen and oxygen atoms in total. The highest BCUT2D eigenvalue weighted by Crippen LogP contribution is 2.45. The lowest BCUT2D eigenvalue weighted by molar-refractivity contribution is 0.245. The third-order valence-corrected chi connectivity index (χ3v) is 7.76. The summed E-state index contributed by atoms with van der Waals surface area (Å²) in [6.45, 7) is 6.77. The lowest BCUT2D eigenvalue weighted by Crippen LogP contribution is -2.42. The molecule has 2 atom stereocenters. The van der Waals surface area contributed by atoms with Crippen molar-refractivity contribution >= 4 is 28.6 Å². The molecule has 1 saturated carbocycles. The number of benzene rings is 1. The van der Waals surface area contributed by atoms with Gasteiger partial charge >= 0.3 is 0 Å². The Morgan fingerprint density at radius 1 is 1.13 bits per heavy atom. The molecule has 0 unspecified atom stereocenters. The fourth-order valence-electron chi connectivity index (χ4n) is 5.66. The number of hydrogen-bond donors (Lipinski definition) is 1. The van der Waals surface area contributed by atoms with Crippen molar-refractivity contribution in [2.24, 2.45) is 0 Å². The van der Waals surface area contributed by atoms with Crippen LogP contribution in [-0.2, 0) is 0 Å². The molecular weight excluding hydrogens is 400 g/mol. The molecule has 0 radical (unpaired) electrons. The zero-order chi connectivity index (χ0) is 21.8. The smallest absolute Gasteiger partial charge is 0.170 e. The van der Waals surface area contributed by atoms with Crippen molar-refractivity contribution in [3.63, 3.8) is 0 Å². The van der Waals surface area contributed by atoms with Crippen molar-refractivity contribution in [2.75, 3.05) is 11.9 Å². The second-order valence-corrected chi connectivity index (χ2v) is 10.2. The van der Waals surface area contributed by atoms with E-state index in [-0.39, 0.29) is 17.6 Å². The monoisotopic (exact) mass is 432 g/mol. The Hall–Kier alpha value is -2.40. The highest BCUT2D eigenvalue weighted by molar-refractivity contribution is 7.80. The summed E-state index contributed by atoms with van der Waals surface area (Å²) < 4.78 is 0. The van der Waals surface area contributed by atoms with Crippen LogP contribution in [0.25, 0.3) is 5.57 Å². The molecule has 0 spiro atoms. The van der Waals surface area contributed by atoms with E-state index in [4.69, 9.17) is 17.2 Å². The van der Waals surface area contributed by atoms with Crippen LogP contribution in [0, 0.1) is 0 Å². The van der Waals surface area contributed by atoms with E-state index in [2.05, 4.69) is 79.3 Å². The number of aromatic nitrogens is 1. The van der Waals surface area contributed by atoms with Crippen LogP contribution >= 0.6 is 12.2 Å². The van der Waals surface area contributed by atoms with Gasteiger partial charge in [-0.3, -0.25) is 4.98 Å². The minimum absolute atomic E-state index is 0.0153. The number of rotatable bonds is 3. The molecule has 1 aromatic carbocycles. The van der Waals surface area contributed by atoms with E-state index < -0.39 is 0 Å². The molecule has 3 heterocycles. The molecule has 1 aromatic heterocycles. The number of hydrogen-bond acceptors (Lipinski definition) is 3. The van der Waals surface area contributed by atoms with Crippen molar-refractivity contribution in [1.82, 2.24) is 15.2 Å². The number of thiocarbonyl (C=S) groups is 1. The quantitative estimate of drug-likeness (QED) is 0.636. The second-order valence-electron chi connectivity index (χ2n) is 9.79. The maximum Gasteiger partial charge on any atom is 0.170 e. The minimum atomic E-state index is 0.0153. The normalized spacial score (nSPS) is 25.4. The summed E-state index contributed by atoms with van der Waals surface area (Å²) in [4.78, 5) is 9.56. The Labute approximate surface area is 191 Å². The van der Waals surface area contributed by atoms with Gasteiger partial charge in [-0.15, -0.1) is 0 Å². The number of allylic oxidation sites excluding steroid dienone is 1. The molecule has 1 aliphatic carbocycles. The Bertz CT molecular complexity index is 1020. The maximum absolute atomic E-state index is 5.89. The van der Waals surface area contributed by atoms with E-state index in [9.17, 15) is 0 Å². The largest absolute Gasteiger partial charge is 0.366 e. The second kappa shape index (κ2) is 7.63. The van der Waals surface area contributed by atoms with Crippen LogP contribution < -0.4 is 10.2 Å². The molecule has 31 heavy (non-hydrogen) atoms. The van der Waals surface area contributed by atoms with Crippen molar-refractivity contribution in [1.29, 1.82) is 0 Å². The van der Waals surface area contributed by atoms with Crippen LogP contribution in [0.2, 0.25) is 0 Å². The van der Waals surface area contributed by atoms with Gasteiger partial charge in [0.05, 0.1) is 23.3 Å². The summed E-state index contributed by atoms with van der Waals surface area (Å²) in [7, 11) is 2.19. The summed E-state index contributed by atoms with van der Waals surface area (Å²) in [5.74, 6) is 0. The third-order valence-electron chi connectivity index (χ3n) is 7.44. The van der Waals surface area contributed by atoms with Gasteiger partial charge in [-0.2, -0.15) is 0 Å². The van der Waals surface area contributed by atoms with Gasteiger partial charge in [-0.05, 0) is 81.2 Å². The topological polar surface area (TPSA) is 31.4 Å². The number of nitrogens with one attached hydrogen (secondary N) is 1. The molecule has 5 rings (SSSR count). The summed E-state index contributed by atoms with van der Waals surface area (Å²) in [6.07, 6.45) is 9.27. The van der Waals surface area contributed by atoms with E-state index in [1.165, 1.54) is 48.1 Å². The molecular formula is C26H32N4S. The molecule has 5 heteroatoms. The molecule has 1 N–H and O–H groups in total. The lowest BCUT2D eigenvalue weighted by Gasteiger charge is -2.41. The Kier molecular flexibility index (Phi) is 5.04. The van der Waals surface area contributed by atoms with Gasteiger partial charge in [-0.25, -0.2) is 0 Å². The predicted molar refractivity (Wildman–Crippen MR) is 132 cm³/mol. The maximum atomic E-state index is 5.89. The van der Waals surface area contributed by atoms with Crippen LogP contribution in [-0.4, -0.2) is 33.6 Å². The van der Waals surface area contributed by atoms with Gasteiger partial charge in [0.1, 0.15) is 0 Å². The van der Waals surface area contributed by atoms with Crippen molar-refractivity contribution in [3.05, 3.63) is 65.5 Å². The zero-order valence-corrected chi connectivity index (χ0v) is 19.7. The highest BCUT2D eigenvalue weighted by Gasteiger charge is 2.44. The van der Waals surface area contributed by atoms with Gasteiger partial charge in [0.15, 0.2) is 5.11 Å². The van der Waals surface area contributed by atoms with E-state index >= 15 is 0 Å². The van der Waals surface area contributed by atoms with E-state index in [1.54, 1.807) is 0 Å². The summed E-state index contributed by atoms with van der Waals surface area (Å²) in [5.41, 5.74) is 6.34. The van der Waals surface area contributed by atoms with Crippen molar-refractivity contribution < 1.29 is 0 Å². The summed E-state index contributed by atoms with van der Waals surface area (Å²) in [5, 5.41) is 4.50. The first-order valence-electron chi connectivity index (χ1n) is 11.4. The van der Waals surface area contributed by atoms with Crippen LogP contribution in [0.5, 0.6) is 0 Å². The standard InChI is InChI=1S/C26H32N4S/c1-17-16-26(2,3)29(4)22-13-12-18(15-20(17)22)24-23(21-11-7-8-14-27-21)28-25(31)30(24)19-9-5-6-10-19/h7-8,11-16,19,23-24H,5-6,9-10H2,1-4H3,(H,28,31)/t23-,24+/m1/s1. The predicted octanol–water partition coefficient (Wildman–Crippen LogP) is 5.63. The molecule has 0 bridgehead atoms. The molecule has 2 aromatic rings. The van der Waals surface area contributed by atoms with E-state index in [1.807, 2.05) is 12.3 Å². The SMILES string of the molecule is CC1=CC(C)(C)N(C)c2ccc([C@H]3[C@@H](c4ccccn4)NC(=S)N3C3CCCC3)cc21. The van der Waals surface area contributed by atoms with Gasteiger partial charge in [0, 0.05) is 30.5 Å². The number of nitrogens with zero attached hydrogens (tertiary/aromatic N) is 3. The third kappa shape index (κ3) is 3.43. The van der Waals surface area contributed by atoms with Gasteiger partial charge < -0.3 is 15.1 Å².